The van der Waals surface area contributed by atoms with Crippen molar-refractivity contribution in [2.75, 3.05) is 0 Å². The SMILES string of the molecule is CCCCCC(C)(C)c1cc(Cc2[c]c(-n3nc4ccccc4n3)cc(C(C)(C)CCCCC)c2)[c]c(-n2nc3ccccc3n2)c1. The van der Waals surface area contributed by atoms with E-state index in [1.165, 1.54) is 49.7 Å². The molecule has 6 nitrogen and oxygen atoms in total. The van der Waals surface area contributed by atoms with Crippen LogP contribution in [0.15, 0.2) is 72.8 Å². The van der Waals surface area contributed by atoms with Crippen LogP contribution in [0.2, 0.25) is 0 Å². The van der Waals surface area contributed by atoms with Crippen molar-refractivity contribution in [1.82, 2.24) is 30.0 Å². The van der Waals surface area contributed by atoms with E-state index in [1.807, 2.05) is 48.5 Å². The second-order valence-electron chi connectivity index (χ2n) is 14.4. The highest BCUT2D eigenvalue weighted by Crippen LogP contribution is 2.34. The minimum Gasteiger partial charge on any atom is -0.150 e. The summed E-state index contributed by atoms with van der Waals surface area (Å²) in [5.74, 6) is 0. The Bertz CT molecular complexity index is 1750. The van der Waals surface area contributed by atoms with Crippen molar-refractivity contribution < 1.29 is 0 Å². The number of nitrogens with zero attached hydrogens (tertiary/aromatic N) is 6. The quantitative estimate of drug-likeness (QED) is 0.113. The molecule has 6 heteroatoms. The van der Waals surface area contributed by atoms with Crippen LogP contribution in [0, 0.1) is 12.1 Å². The van der Waals surface area contributed by atoms with E-state index in [4.69, 9.17) is 20.4 Å². The molecule has 6 rings (SSSR count). The van der Waals surface area contributed by atoms with Gasteiger partial charge in [0.15, 0.2) is 0 Å². The molecule has 0 aliphatic rings. The first-order chi connectivity index (χ1) is 22.6. The van der Waals surface area contributed by atoms with Gasteiger partial charge in [-0.2, -0.15) is 0 Å². The van der Waals surface area contributed by atoms with E-state index in [-0.39, 0.29) is 10.8 Å². The molecule has 0 atom stereocenters. The van der Waals surface area contributed by atoms with Gasteiger partial charge in [0.25, 0.3) is 0 Å². The summed E-state index contributed by atoms with van der Waals surface area (Å²) in [5.41, 5.74) is 10.0. The monoisotopic (exact) mass is 624 g/mol. The van der Waals surface area contributed by atoms with Gasteiger partial charge in [0.1, 0.15) is 22.1 Å². The van der Waals surface area contributed by atoms with Crippen LogP contribution in [0.5, 0.6) is 0 Å². The van der Waals surface area contributed by atoms with Gasteiger partial charge in [-0.15, -0.1) is 30.0 Å². The fraction of sp³-hybridized carbons (Fsp3) is 0.415. The van der Waals surface area contributed by atoms with Crippen LogP contribution in [0.1, 0.15) is 115 Å². The summed E-state index contributed by atoms with van der Waals surface area (Å²) in [6.45, 7) is 14.0. The Morgan fingerprint density at radius 2 is 0.894 bits per heavy atom. The third-order valence-corrected chi connectivity index (χ3v) is 9.58. The Kier molecular flexibility index (Phi) is 9.58. The Labute approximate surface area is 280 Å². The summed E-state index contributed by atoms with van der Waals surface area (Å²) in [7, 11) is 0. The number of unbranched alkanes of at least 4 members (excludes halogenated alkanes) is 4. The minimum absolute atomic E-state index is 0.00256. The van der Waals surface area contributed by atoms with Crippen molar-refractivity contribution in [2.24, 2.45) is 0 Å². The second kappa shape index (κ2) is 13.8. The van der Waals surface area contributed by atoms with Gasteiger partial charge in [0.05, 0.1) is 11.4 Å². The van der Waals surface area contributed by atoms with Gasteiger partial charge in [-0.3, -0.25) is 0 Å². The number of benzene rings is 4. The normalized spacial score (nSPS) is 12.4. The highest BCUT2D eigenvalue weighted by Gasteiger charge is 2.25. The van der Waals surface area contributed by atoms with Gasteiger partial charge < -0.3 is 0 Å². The molecule has 0 N–H and O–H groups in total. The van der Waals surface area contributed by atoms with Crippen LogP contribution in [0.25, 0.3) is 33.4 Å². The lowest BCUT2D eigenvalue weighted by molar-refractivity contribution is 0.449. The zero-order valence-corrected chi connectivity index (χ0v) is 29.0. The van der Waals surface area contributed by atoms with Crippen LogP contribution >= 0.6 is 0 Å². The van der Waals surface area contributed by atoms with Gasteiger partial charge >= 0.3 is 0 Å². The van der Waals surface area contributed by atoms with Crippen molar-refractivity contribution in [1.29, 1.82) is 0 Å². The molecule has 0 bridgehead atoms. The molecule has 2 radical (unpaired) electrons. The highest BCUT2D eigenvalue weighted by atomic mass is 15.5. The molecule has 0 aliphatic heterocycles. The van der Waals surface area contributed by atoms with Crippen LogP contribution in [0.3, 0.4) is 0 Å². The van der Waals surface area contributed by atoms with E-state index < -0.39 is 0 Å². The van der Waals surface area contributed by atoms with E-state index in [2.05, 4.69) is 77.9 Å². The maximum atomic E-state index is 4.83. The minimum atomic E-state index is -0.00256. The van der Waals surface area contributed by atoms with E-state index in [0.717, 1.165) is 57.4 Å². The first-order valence-electron chi connectivity index (χ1n) is 17.4. The fourth-order valence-electron chi connectivity index (χ4n) is 6.48. The van der Waals surface area contributed by atoms with Crippen LogP contribution in [-0.2, 0) is 17.3 Å². The fourth-order valence-corrected chi connectivity index (χ4v) is 6.48. The summed E-state index contributed by atoms with van der Waals surface area (Å²) >= 11 is 0. The molecule has 242 valence electrons. The first-order valence-corrected chi connectivity index (χ1v) is 17.4. The van der Waals surface area contributed by atoms with Crippen LogP contribution in [0.4, 0.5) is 0 Å². The molecule has 0 saturated heterocycles. The predicted octanol–water partition coefficient (Wildman–Crippen LogP) is 10.1. The topological polar surface area (TPSA) is 61.4 Å². The maximum Gasteiger partial charge on any atom is 0.113 e. The van der Waals surface area contributed by atoms with E-state index in [1.54, 1.807) is 9.59 Å². The van der Waals surface area contributed by atoms with Gasteiger partial charge in [-0.1, -0.05) is 116 Å². The molecule has 0 saturated carbocycles. The number of fused-ring (bicyclic) bond motifs is 2. The van der Waals surface area contributed by atoms with Crippen molar-refractivity contribution in [3.8, 4) is 11.4 Å². The molecule has 47 heavy (non-hydrogen) atoms. The van der Waals surface area contributed by atoms with E-state index in [9.17, 15) is 0 Å². The largest absolute Gasteiger partial charge is 0.150 e. The zero-order chi connectivity index (χ0) is 33.0. The summed E-state index contributed by atoms with van der Waals surface area (Å²) in [4.78, 5) is 3.50. The zero-order valence-electron chi connectivity index (χ0n) is 29.0. The van der Waals surface area contributed by atoms with Crippen molar-refractivity contribution in [3.63, 3.8) is 0 Å². The lowest BCUT2D eigenvalue weighted by Gasteiger charge is -2.27. The van der Waals surface area contributed by atoms with Gasteiger partial charge in [0.2, 0.25) is 0 Å². The molecule has 0 fully saturated rings. The average molecular weight is 625 g/mol. The number of hydrogen-bond donors (Lipinski definition) is 0. The molecule has 0 aliphatic carbocycles. The predicted molar refractivity (Wildman–Crippen MR) is 193 cm³/mol. The Balaban J connectivity index is 1.44. The molecular formula is C41H48N6. The maximum absolute atomic E-state index is 4.83. The van der Waals surface area contributed by atoms with Gasteiger partial charge in [0, 0.05) is 12.1 Å². The van der Waals surface area contributed by atoms with E-state index in [0.29, 0.717) is 6.42 Å². The molecule has 4 aromatic carbocycles. The smallest absolute Gasteiger partial charge is 0.113 e. The van der Waals surface area contributed by atoms with E-state index >= 15 is 0 Å². The van der Waals surface area contributed by atoms with Crippen LogP contribution in [-0.4, -0.2) is 30.0 Å². The highest BCUT2D eigenvalue weighted by molar-refractivity contribution is 5.74. The Morgan fingerprint density at radius 1 is 0.532 bits per heavy atom. The molecule has 6 aromatic rings. The third kappa shape index (κ3) is 7.48. The average Bonchev–Trinajstić information content (AvgIpc) is 3.70. The van der Waals surface area contributed by atoms with Gasteiger partial charge in [-0.05, 0) is 88.7 Å². The molecular weight excluding hydrogens is 576 g/mol. The molecule has 0 spiro atoms. The molecule has 2 aromatic heterocycles. The number of aromatic nitrogens is 6. The van der Waals surface area contributed by atoms with Crippen molar-refractivity contribution >= 4 is 22.1 Å². The number of rotatable bonds is 14. The van der Waals surface area contributed by atoms with Crippen LogP contribution < -0.4 is 0 Å². The number of hydrogen-bond acceptors (Lipinski definition) is 4. The Hall–Kier alpha value is -4.32. The Morgan fingerprint density at radius 3 is 1.23 bits per heavy atom. The molecule has 2 heterocycles. The lowest BCUT2D eigenvalue weighted by atomic mass is 9.78. The summed E-state index contributed by atoms with van der Waals surface area (Å²) in [5, 5.41) is 19.3. The third-order valence-electron chi connectivity index (χ3n) is 9.58. The van der Waals surface area contributed by atoms with Crippen molar-refractivity contribution in [3.05, 3.63) is 107 Å². The summed E-state index contributed by atoms with van der Waals surface area (Å²) in [6, 6.07) is 32.6. The molecule has 0 unspecified atom stereocenters. The molecule has 0 amide bonds. The summed E-state index contributed by atoms with van der Waals surface area (Å²) in [6.07, 6.45) is 10.2. The van der Waals surface area contributed by atoms with Crippen molar-refractivity contribution in [2.45, 2.75) is 110 Å². The first kappa shape index (κ1) is 32.6. The lowest BCUT2D eigenvalue weighted by Crippen LogP contribution is -2.19. The summed E-state index contributed by atoms with van der Waals surface area (Å²) < 4.78 is 0. The standard InChI is InChI=1S/C41H48N6/c1-7-9-15-21-40(3,4)32-24-30(26-34(28-32)46-42-36-17-11-12-18-37(36)43-46)23-31-25-33(41(5,6)22-16-10-8-2)29-35(27-31)47-44-38-19-13-14-20-39(38)45-47/h11-14,17-20,24-25,28-29H,7-10,15-16,21-23H2,1-6H3. The second-order valence-corrected chi connectivity index (χ2v) is 14.4. The van der Waals surface area contributed by atoms with Gasteiger partial charge in [-0.25, -0.2) is 0 Å².